The Morgan fingerprint density at radius 3 is 2.64 bits per heavy atom. The van der Waals surface area contributed by atoms with E-state index >= 15 is 0 Å². The Labute approximate surface area is 74.5 Å². The first-order chi connectivity index (χ1) is 5.29. The minimum atomic E-state index is 0.773. The zero-order valence-corrected chi connectivity index (χ0v) is 7.51. The highest BCUT2D eigenvalue weighted by atomic mass is 79.9. The number of hydrogen-bond acceptors (Lipinski definition) is 1. The van der Waals surface area contributed by atoms with Crippen LogP contribution >= 0.6 is 15.9 Å². The average molecular weight is 212 g/mol. The standard InChI is InChI=1S/C9H8BrO/c1-2-8-7(6-11)4-3-5-9(8)10/h2-6,11H,1H2. The molecule has 0 amide bonds. The third-order valence-corrected chi connectivity index (χ3v) is 2.12. The van der Waals surface area contributed by atoms with Gasteiger partial charge in [-0.2, -0.15) is 0 Å². The summed E-state index contributed by atoms with van der Waals surface area (Å²) in [4.78, 5) is 0. The summed E-state index contributed by atoms with van der Waals surface area (Å²) in [5, 5.41) is 8.78. The molecule has 0 aromatic heterocycles. The van der Waals surface area contributed by atoms with Gasteiger partial charge in [0, 0.05) is 4.47 Å². The van der Waals surface area contributed by atoms with E-state index in [9.17, 15) is 0 Å². The van der Waals surface area contributed by atoms with Gasteiger partial charge in [0.25, 0.3) is 0 Å². The fourth-order valence-electron chi connectivity index (χ4n) is 0.882. The highest BCUT2D eigenvalue weighted by Gasteiger charge is 2.00. The fourth-order valence-corrected chi connectivity index (χ4v) is 1.43. The van der Waals surface area contributed by atoms with Crippen molar-refractivity contribution in [3.05, 3.63) is 47.0 Å². The van der Waals surface area contributed by atoms with Crippen molar-refractivity contribution in [2.24, 2.45) is 0 Å². The predicted molar refractivity (Wildman–Crippen MR) is 49.6 cm³/mol. The summed E-state index contributed by atoms with van der Waals surface area (Å²) in [7, 11) is 0. The molecule has 0 aliphatic heterocycles. The third-order valence-electron chi connectivity index (χ3n) is 1.43. The fraction of sp³-hybridized carbons (Fsp3) is 0. The van der Waals surface area contributed by atoms with Crippen molar-refractivity contribution in [3.63, 3.8) is 0 Å². The number of benzene rings is 1. The van der Waals surface area contributed by atoms with E-state index in [-0.39, 0.29) is 0 Å². The van der Waals surface area contributed by atoms with Crippen LogP contribution in [0.4, 0.5) is 0 Å². The van der Waals surface area contributed by atoms with Crippen LogP contribution in [-0.2, 0) is 0 Å². The Bertz CT molecular complexity index is 268. The number of hydrogen-bond donors (Lipinski definition) is 1. The van der Waals surface area contributed by atoms with E-state index in [2.05, 4.69) is 22.5 Å². The highest BCUT2D eigenvalue weighted by Crippen LogP contribution is 2.21. The molecule has 0 aliphatic carbocycles. The van der Waals surface area contributed by atoms with E-state index in [1.165, 1.54) is 0 Å². The summed E-state index contributed by atoms with van der Waals surface area (Å²) in [5.74, 6) is 0. The van der Waals surface area contributed by atoms with Gasteiger partial charge in [-0.1, -0.05) is 40.7 Å². The Hall–Kier alpha value is -0.600. The molecular formula is C9H8BrO. The average Bonchev–Trinajstić information content (AvgIpc) is 2.04. The Kier molecular flexibility index (Phi) is 2.85. The minimum Gasteiger partial charge on any atom is -0.385 e. The first kappa shape index (κ1) is 8.50. The van der Waals surface area contributed by atoms with Gasteiger partial charge < -0.3 is 5.11 Å². The van der Waals surface area contributed by atoms with Crippen molar-refractivity contribution in [2.75, 3.05) is 0 Å². The van der Waals surface area contributed by atoms with E-state index in [1.807, 2.05) is 18.2 Å². The van der Waals surface area contributed by atoms with Gasteiger partial charge in [-0.05, 0) is 17.2 Å². The monoisotopic (exact) mass is 211 g/mol. The molecule has 1 aromatic carbocycles. The van der Waals surface area contributed by atoms with E-state index in [1.54, 1.807) is 6.08 Å². The second kappa shape index (κ2) is 3.69. The second-order valence-electron chi connectivity index (χ2n) is 2.08. The van der Waals surface area contributed by atoms with Crippen LogP contribution in [0.25, 0.3) is 6.08 Å². The highest BCUT2D eigenvalue weighted by molar-refractivity contribution is 9.10. The van der Waals surface area contributed by atoms with Crippen molar-refractivity contribution >= 4 is 22.0 Å². The zero-order chi connectivity index (χ0) is 8.27. The first-order valence-corrected chi connectivity index (χ1v) is 3.97. The maximum absolute atomic E-state index is 8.78. The van der Waals surface area contributed by atoms with Gasteiger partial charge in [-0.15, -0.1) is 0 Å². The smallest absolute Gasteiger partial charge is 0.110 e. The van der Waals surface area contributed by atoms with Gasteiger partial charge >= 0.3 is 0 Å². The number of aliphatic hydroxyl groups excluding tert-OH is 1. The van der Waals surface area contributed by atoms with Crippen molar-refractivity contribution < 1.29 is 5.11 Å². The van der Waals surface area contributed by atoms with Crippen molar-refractivity contribution in [1.29, 1.82) is 0 Å². The van der Waals surface area contributed by atoms with Gasteiger partial charge in [0.2, 0.25) is 0 Å². The normalized spacial score (nSPS) is 9.64. The molecule has 0 bridgehead atoms. The second-order valence-corrected chi connectivity index (χ2v) is 2.93. The van der Waals surface area contributed by atoms with Gasteiger partial charge in [0.15, 0.2) is 0 Å². The van der Waals surface area contributed by atoms with E-state index in [0.717, 1.165) is 22.2 Å². The summed E-state index contributed by atoms with van der Waals surface area (Å²) >= 11 is 3.35. The van der Waals surface area contributed by atoms with Gasteiger partial charge in [0.05, 0.1) is 0 Å². The molecule has 0 atom stereocenters. The molecule has 1 N–H and O–H groups in total. The van der Waals surface area contributed by atoms with Crippen LogP contribution in [0.15, 0.2) is 29.3 Å². The minimum absolute atomic E-state index is 0.773. The molecule has 0 saturated heterocycles. The van der Waals surface area contributed by atoms with Gasteiger partial charge in [0.1, 0.15) is 6.61 Å². The predicted octanol–water partition coefficient (Wildman–Crippen LogP) is 2.97. The first-order valence-electron chi connectivity index (χ1n) is 3.18. The third kappa shape index (κ3) is 1.70. The molecule has 0 fully saturated rings. The molecule has 11 heavy (non-hydrogen) atoms. The van der Waals surface area contributed by atoms with Crippen molar-refractivity contribution in [2.45, 2.75) is 0 Å². The molecule has 1 rings (SSSR count). The van der Waals surface area contributed by atoms with Crippen LogP contribution in [0, 0.1) is 6.61 Å². The maximum atomic E-state index is 8.78. The summed E-state index contributed by atoms with van der Waals surface area (Å²) in [5.41, 5.74) is 1.68. The lowest BCUT2D eigenvalue weighted by molar-refractivity contribution is 0.414. The summed E-state index contributed by atoms with van der Waals surface area (Å²) in [6.45, 7) is 4.71. The topological polar surface area (TPSA) is 20.2 Å². The van der Waals surface area contributed by atoms with Crippen LogP contribution < -0.4 is 0 Å². The number of rotatable bonds is 2. The van der Waals surface area contributed by atoms with Crippen LogP contribution in [0.5, 0.6) is 0 Å². The summed E-state index contributed by atoms with van der Waals surface area (Å²) < 4.78 is 0.940. The van der Waals surface area contributed by atoms with Crippen LogP contribution in [-0.4, -0.2) is 5.11 Å². The molecule has 0 unspecified atom stereocenters. The molecular weight excluding hydrogens is 204 g/mol. The lowest BCUT2D eigenvalue weighted by atomic mass is 10.1. The molecule has 1 aromatic rings. The quantitative estimate of drug-likeness (QED) is 0.798. The Balaban J connectivity index is 3.24. The number of aliphatic hydroxyl groups is 1. The van der Waals surface area contributed by atoms with Crippen LogP contribution in [0.1, 0.15) is 11.1 Å². The number of halogens is 1. The Morgan fingerprint density at radius 1 is 1.45 bits per heavy atom. The zero-order valence-electron chi connectivity index (χ0n) is 5.92. The molecule has 1 radical (unpaired) electrons. The summed E-state index contributed by atoms with van der Waals surface area (Å²) in [6, 6.07) is 5.59. The summed E-state index contributed by atoms with van der Waals surface area (Å²) in [6.07, 6.45) is 1.70. The van der Waals surface area contributed by atoms with Crippen LogP contribution in [0.3, 0.4) is 0 Å². The molecule has 1 nitrogen and oxygen atoms in total. The maximum Gasteiger partial charge on any atom is 0.110 e. The van der Waals surface area contributed by atoms with Gasteiger partial charge in [-0.3, -0.25) is 0 Å². The van der Waals surface area contributed by atoms with Crippen molar-refractivity contribution in [1.82, 2.24) is 0 Å². The van der Waals surface area contributed by atoms with Crippen molar-refractivity contribution in [3.8, 4) is 0 Å². The lowest BCUT2D eigenvalue weighted by Gasteiger charge is -2.02. The van der Waals surface area contributed by atoms with Crippen LogP contribution in [0.2, 0.25) is 0 Å². The SMILES string of the molecule is C=Cc1c(Br)cccc1[CH]O. The van der Waals surface area contributed by atoms with E-state index in [0.29, 0.717) is 0 Å². The molecule has 57 valence electrons. The molecule has 0 saturated carbocycles. The van der Waals surface area contributed by atoms with E-state index < -0.39 is 0 Å². The Morgan fingerprint density at radius 2 is 2.18 bits per heavy atom. The largest absolute Gasteiger partial charge is 0.385 e. The lowest BCUT2D eigenvalue weighted by Crippen LogP contribution is -1.86. The molecule has 0 heterocycles. The molecule has 0 spiro atoms. The molecule has 0 aliphatic rings. The molecule has 2 heteroatoms. The van der Waals surface area contributed by atoms with Gasteiger partial charge in [-0.25, -0.2) is 0 Å². The van der Waals surface area contributed by atoms with E-state index in [4.69, 9.17) is 5.11 Å².